The fourth-order valence-corrected chi connectivity index (χ4v) is 4.19. The number of nitrogens with one attached hydrogen (secondary N) is 1. The summed E-state index contributed by atoms with van der Waals surface area (Å²) < 4.78 is 5.45. The number of rotatable bonds is 6. The summed E-state index contributed by atoms with van der Waals surface area (Å²) in [6.45, 7) is 1.67. The molecule has 156 valence electrons. The Bertz CT molecular complexity index is 969. The maximum atomic E-state index is 12.5. The van der Waals surface area contributed by atoms with Gasteiger partial charge in [-0.05, 0) is 42.0 Å². The molecule has 2 aromatic rings. The third-order valence-electron chi connectivity index (χ3n) is 6.14. The molecule has 2 aromatic carbocycles. The first-order valence-electron chi connectivity index (χ1n) is 9.98. The maximum absolute atomic E-state index is 12.5. The second-order valence-electron chi connectivity index (χ2n) is 7.93. The molecule has 4 rings (SSSR count). The molecule has 1 atom stereocenters. The Labute approximate surface area is 174 Å². The smallest absolute Gasteiger partial charge is 0.407 e. The number of fused-ring (bicyclic) bond motifs is 3. The van der Waals surface area contributed by atoms with Crippen molar-refractivity contribution in [1.82, 2.24) is 10.2 Å². The van der Waals surface area contributed by atoms with Gasteiger partial charge in [-0.1, -0.05) is 48.5 Å². The van der Waals surface area contributed by atoms with Crippen LogP contribution in [0.4, 0.5) is 4.79 Å². The number of hydrogen-bond donors (Lipinski definition) is 2. The Balaban J connectivity index is 1.39. The van der Waals surface area contributed by atoms with E-state index in [1.54, 1.807) is 0 Å². The van der Waals surface area contributed by atoms with Crippen molar-refractivity contribution in [1.29, 1.82) is 0 Å². The van der Waals surface area contributed by atoms with Crippen LogP contribution in [0.5, 0.6) is 0 Å². The van der Waals surface area contributed by atoms with Crippen molar-refractivity contribution in [2.24, 2.45) is 0 Å². The van der Waals surface area contributed by atoms with Crippen LogP contribution < -0.4 is 5.32 Å². The van der Waals surface area contributed by atoms with Crippen LogP contribution in [-0.2, 0) is 14.3 Å². The molecule has 1 fully saturated rings. The van der Waals surface area contributed by atoms with Crippen molar-refractivity contribution in [2.75, 3.05) is 13.7 Å². The number of carbonyl (C=O) groups excluding carboxylic acids is 2. The van der Waals surface area contributed by atoms with Crippen LogP contribution in [-0.4, -0.2) is 53.2 Å². The average Bonchev–Trinajstić information content (AvgIpc) is 3.50. The molecular formula is C23H24N2O5. The highest BCUT2D eigenvalue weighted by Crippen LogP contribution is 2.44. The predicted molar refractivity (Wildman–Crippen MR) is 110 cm³/mol. The number of amides is 2. The van der Waals surface area contributed by atoms with Crippen LogP contribution in [0.2, 0.25) is 0 Å². The van der Waals surface area contributed by atoms with Crippen molar-refractivity contribution in [3.63, 3.8) is 0 Å². The molecule has 1 saturated carbocycles. The molecule has 2 amide bonds. The first-order valence-corrected chi connectivity index (χ1v) is 9.98. The Morgan fingerprint density at radius 1 is 1.10 bits per heavy atom. The standard InChI is InChI=1S/C23H24N2O5/c1-14(20(26)25(2)23(11-12-23)21(27)28)24-22(29)30-13-19-17-9-5-3-7-15(17)16-8-4-6-10-18(16)19/h3-10,14,19H,11-13H2,1-2H3,(H,24,29)(H,27,28)/t14-/m0/s1. The van der Waals surface area contributed by atoms with Gasteiger partial charge in [0, 0.05) is 13.0 Å². The minimum Gasteiger partial charge on any atom is -0.479 e. The molecule has 0 aromatic heterocycles. The van der Waals surface area contributed by atoms with E-state index in [0.29, 0.717) is 12.8 Å². The number of alkyl carbamates (subject to hydrolysis) is 1. The van der Waals surface area contributed by atoms with E-state index in [4.69, 9.17) is 4.74 Å². The van der Waals surface area contributed by atoms with Gasteiger partial charge < -0.3 is 20.1 Å². The van der Waals surface area contributed by atoms with Crippen LogP contribution >= 0.6 is 0 Å². The number of aliphatic carboxylic acids is 1. The Morgan fingerprint density at radius 2 is 1.63 bits per heavy atom. The molecule has 0 aliphatic heterocycles. The Morgan fingerprint density at radius 3 is 2.13 bits per heavy atom. The predicted octanol–water partition coefficient (Wildman–Crippen LogP) is 2.99. The molecule has 2 N–H and O–H groups in total. The third-order valence-corrected chi connectivity index (χ3v) is 6.14. The summed E-state index contributed by atoms with van der Waals surface area (Å²) in [5.41, 5.74) is 3.33. The number of carbonyl (C=O) groups is 3. The number of nitrogens with zero attached hydrogens (tertiary/aromatic N) is 1. The van der Waals surface area contributed by atoms with Gasteiger partial charge in [0.2, 0.25) is 5.91 Å². The van der Waals surface area contributed by atoms with Gasteiger partial charge in [-0.2, -0.15) is 0 Å². The normalized spacial score (nSPS) is 16.7. The monoisotopic (exact) mass is 408 g/mol. The van der Waals surface area contributed by atoms with Crippen molar-refractivity contribution in [2.45, 2.75) is 37.3 Å². The minimum atomic E-state index is -1.14. The number of ether oxygens (including phenoxy) is 1. The zero-order chi connectivity index (χ0) is 21.5. The summed E-state index contributed by atoms with van der Waals surface area (Å²) >= 11 is 0. The van der Waals surface area contributed by atoms with Crippen LogP contribution in [0.3, 0.4) is 0 Å². The van der Waals surface area contributed by atoms with Crippen LogP contribution in [0.1, 0.15) is 36.8 Å². The number of likely N-dealkylation sites (N-methyl/N-ethyl adjacent to an activating group) is 1. The average molecular weight is 408 g/mol. The van der Waals surface area contributed by atoms with Crippen molar-refractivity contribution in [3.05, 3.63) is 59.7 Å². The van der Waals surface area contributed by atoms with E-state index >= 15 is 0 Å². The van der Waals surface area contributed by atoms with E-state index in [1.165, 1.54) is 18.9 Å². The summed E-state index contributed by atoms with van der Waals surface area (Å²) in [4.78, 5) is 37.5. The van der Waals surface area contributed by atoms with Gasteiger partial charge in [0.15, 0.2) is 0 Å². The lowest BCUT2D eigenvalue weighted by Crippen LogP contribution is -2.52. The Hall–Kier alpha value is -3.35. The topological polar surface area (TPSA) is 95.9 Å². The molecule has 7 nitrogen and oxygen atoms in total. The summed E-state index contributed by atoms with van der Waals surface area (Å²) in [6.07, 6.45) is 0.135. The summed E-state index contributed by atoms with van der Waals surface area (Å²) in [7, 11) is 1.46. The summed E-state index contributed by atoms with van der Waals surface area (Å²) in [5, 5.41) is 11.9. The highest BCUT2D eigenvalue weighted by molar-refractivity contribution is 5.92. The first-order chi connectivity index (χ1) is 14.3. The highest BCUT2D eigenvalue weighted by atomic mass is 16.5. The molecule has 0 unspecified atom stereocenters. The lowest BCUT2D eigenvalue weighted by Gasteiger charge is -2.27. The van der Waals surface area contributed by atoms with E-state index in [9.17, 15) is 19.5 Å². The molecule has 0 radical (unpaired) electrons. The molecule has 30 heavy (non-hydrogen) atoms. The van der Waals surface area contributed by atoms with Gasteiger partial charge in [0.05, 0.1) is 0 Å². The maximum Gasteiger partial charge on any atom is 0.407 e. The van der Waals surface area contributed by atoms with E-state index in [0.717, 1.165) is 22.3 Å². The highest BCUT2D eigenvalue weighted by Gasteiger charge is 2.56. The van der Waals surface area contributed by atoms with E-state index < -0.39 is 29.6 Å². The van der Waals surface area contributed by atoms with Crippen LogP contribution in [0, 0.1) is 0 Å². The number of hydrogen-bond acceptors (Lipinski definition) is 4. The van der Waals surface area contributed by atoms with E-state index in [2.05, 4.69) is 17.4 Å². The second-order valence-corrected chi connectivity index (χ2v) is 7.93. The molecule has 2 aliphatic carbocycles. The molecule has 0 spiro atoms. The van der Waals surface area contributed by atoms with Crippen molar-refractivity contribution in [3.8, 4) is 11.1 Å². The van der Waals surface area contributed by atoms with Crippen LogP contribution in [0.15, 0.2) is 48.5 Å². The lowest BCUT2D eigenvalue weighted by molar-refractivity contribution is -0.151. The first kappa shape index (κ1) is 19.9. The molecule has 2 aliphatic rings. The number of benzene rings is 2. The fraction of sp³-hybridized carbons (Fsp3) is 0.348. The minimum absolute atomic E-state index is 0.0708. The van der Waals surface area contributed by atoms with Gasteiger partial charge >= 0.3 is 12.1 Å². The van der Waals surface area contributed by atoms with Gasteiger partial charge in [-0.3, -0.25) is 4.79 Å². The number of carboxylic acid groups (broad SMARTS) is 1. The van der Waals surface area contributed by atoms with Gasteiger partial charge in [0.1, 0.15) is 18.2 Å². The molecular weight excluding hydrogens is 384 g/mol. The van der Waals surface area contributed by atoms with Gasteiger partial charge in [0.25, 0.3) is 0 Å². The van der Waals surface area contributed by atoms with Crippen molar-refractivity contribution < 1.29 is 24.2 Å². The van der Waals surface area contributed by atoms with Crippen molar-refractivity contribution >= 4 is 18.0 Å². The molecule has 0 heterocycles. The lowest BCUT2D eigenvalue weighted by atomic mass is 9.98. The zero-order valence-corrected chi connectivity index (χ0v) is 16.9. The molecule has 0 bridgehead atoms. The molecule has 0 saturated heterocycles. The quantitative estimate of drug-likeness (QED) is 0.766. The largest absolute Gasteiger partial charge is 0.479 e. The summed E-state index contributed by atoms with van der Waals surface area (Å²) in [5.74, 6) is -1.55. The summed E-state index contributed by atoms with van der Waals surface area (Å²) in [6, 6.07) is 15.2. The SMILES string of the molecule is C[C@H](NC(=O)OCC1c2ccccc2-c2ccccc21)C(=O)N(C)C1(C(=O)O)CC1. The number of carboxylic acids is 1. The van der Waals surface area contributed by atoms with Gasteiger partial charge in [-0.25, -0.2) is 9.59 Å². The second kappa shape index (κ2) is 7.48. The van der Waals surface area contributed by atoms with Crippen LogP contribution in [0.25, 0.3) is 11.1 Å². The van der Waals surface area contributed by atoms with Gasteiger partial charge in [-0.15, -0.1) is 0 Å². The van der Waals surface area contributed by atoms with E-state index in [1.807, 2.05) is 36.4 Å². The molecule has 7 heteroatoms. The van der Waals surface area contributed by atoms with E-state index in [-0.39, 0.29) is 12.5 Å². The third kappa shape index (κ3) is 3.30. The Kier molecular flexibility index (Phi) is 4.97. The fourth-order valence-electron chi connectivity index (χ4n) is 4.19. The zero-order valence-electron chi connectivity index (χ0n) is 16.9.